The van der Waals surface area contributed by atoms with Crippen molar-refractivity contribution in [1.82, 2.24) is 0 Å². The molecule has 0 fully saturated rings. The van der Waals surface area contributed by atoms with E-state index >= 15 is 0 Å². The van der Waals surface area contributed by atoms with Crippen molar-refractivity contribution in [3.05, 3.63) is 67.6 Å². The fraction of sp³-hybridized carbons (Fsp3) is 0.286. The first-order chi connectivity index (χ1) is 8.93. The molecule has 0 atom stereocenters. The largest absolute Gasteiger partial charge is 0.346 e. The Bertz CT molecular complexity index is 495. The van der Waals surface area contributed by atoms with Crippen molar-refractivity contribution in [3.63, 3.8) is 0 Å². The van der Waals surface area contributed by atoms with Crippen molar-refractivity contribution in [3.8, 4) is 0 Å². The summed E-state index contributed by atoms with van der Waals surface area (Å²) in [6.45, 7) is 9.00. The Labute approximate surface area is 153 Å². The van der Waals surface area contributed by atoms with Crippen molar-refractivity contribution in [2.75, 3.05) is 0 Å². The molecule has 3 aromatic carbocycles. The standard InChI is InChI=1S/C14H10.C2H6.C2H5.3CH4.W/c1-2-6-12-10-14-8-4-3-7-13(14)9-11(12)5-1;2*1-2;;;;/h1-10H;1-2H3;1H2,2H3;3*1H4;/q;;-1;;;;. The summed E-state index contributed by atoms with van der Waals surface area (Å²) in [7, 11) is 0. The van der Waals surface area contributed by atoms with Gasteiger partial charge in [-0.2, -0.15) is 6.92 Å². The van der Waals surface area contributed by atoms with Gasteiger partial charge in [0.05, 0.1) is 0 Å². The van der Waals surface area contributed by atoms with Gasteiger partial charge in [-0.15, -0.1) is 0 Å². The van der Waals surface area contributed by atoms with Crippen LogP contribution in [0.15, 0.2) is 60.7 Å². The van der Waals surface area contributed by atoms with Crippen LogP contribution in [0, 0.1) is 6.92 Å². The van der Waals surface area contributed by atoms with E-state index in [1.807, 2.05) is 13.8 Å². The minimum absolute atomic E-state index is 0. The van der Waals surface area contributed by atoms with E-state index in [0.717, 1.165) is 0 Å². The first kappa shape index (κ1) is 29.0. The molecule has 0 aliphatic rings. The smallest absolute Gasteiger partial charge is 0 e. The van der Waals surface area contributed by atoms with Crippen LogP contribution in [0.2, 0.25) is 0 Å². The van der Waals surface area contributed by atoms with Crippen LogP contribution >= 0.6 is 0 Å². The van der Waals surface area contributed by atoms with Crippen LogP contribution < -0.4 is 0 Å². The Kier molecular flexibility index (Phi) is 21.4. The topological polar surface area (TPSA) is 0 Å². The molecule has 1 heteroatoms. The maximum absolute atomic E-state index is 3.25. The van der Waals surface area contributed by atoms with E-state index < -0.39 is 0 Å². The average Bonchev–Trinajstić information content (AvgIpc) is 2.49. The van der Waals surface area contributed by atoms with Gasteiger partial charge in [0, 0.05) is 21.1 Å². The third-order valence-electron chi connectivity index (χ3n) is 2.61. The summed E-state index contributed by atoms with van der Waals surface area (Å²) in [4.78, 5) is 0. The minimum Gasteiger partial charge on any atom is -0.346 e. The van der Waals surface area contributed by atoms with E-state index in [9.17, 15) is 0 Å². The van der Waals surface area contributed by atoms with E-state index in [4.69, 9.17) is 0 Å². The Morgan fingerprint density at radius 3 is 0.909 bits per heavy atom. The molecule has 22 heavy (non-hydrogen) atoms. The molecule has 0 bridgehead atoms. The van der Waals surface area contributed by atoms with E-state index in [-0.39, 0.29) is 43.3 Å². The van der Waals surface area contributed by atoms with Crippen LogP contribution in [0.5, 0.6) is 0 Å². The van der Waals surface area contributed by atoms with Crippen molar-refractivity contribution in [1.29, 1.82) is 0 Å². The molecule has 124 valence electrons. The zero-order valence-electron chi connectivity index (χ0n) is 11.9. The molecule has 0 aliphatic heterocycles. The molecule has 3 rings (SSSR count). The molecule has 0 aliphatic carbocycles. The van der Waals surface area contributed by atoms with Crippen LogP contribution in [0.3, 0.4) is 0 Å². The van der Waals surface area contributed by atoms with Gasteiger partial charge in [-0.3, -0.25) is 0 Å². The van der Waals surface area contributed by atoms with Gasteiger partial charge >= 0.3 is 0 Å². The summed E-state index contributed by atoms with van der Waals surface area (Å²) in [5.74, 6) is 0. The third kappa shape index (κ3) is 7.23. The van der Waals surface area contributed by atoms with Crippen LogP contribution in [-0.2, 0) is 21.1 Å². The monoisotopic (exact) mass is 469 g/mol. The van der Waals surface area contributed by atoms with E-state index in [1.54, 1.807) is 6.92 Å². The molecule has 0 saturated heterocycles. The fourth-order valence-electron chi connectivity index (χ4n) is 1.88. The maximum Gasteiger partial charge on any atom is 0 e. The van der Waals surface area contributed by atoms with Crippen LogP contribution in [0.4, 0.5) is 0 Å². The van der Waals surface area contributed by atoms with Crippen molar-refractivity contribution in [2.24, 2.45) is 0 Å². The molecule has 0 spiro atoms. The second kappa shape index (κ2) is 16.2. The van der Waals surface area contributed by atoms with Gasteiger partial charge in [-0.1, -0.05) is 84.7 Å². The van der Waals surface area contributed by atoms with Crippen molar-refractivity contribution >= 4 is 21.5 Å². The van der Waals surface area contributed by atoms with Gasteiger partial charge in [0.1, 0.15) is 0 Å². The Balaban J connectivity index is -0.000000189. The summed E-state index contributed by atoms with van der Waals surface area (Å²) in [5.41, 5.74) is 0. The molecular weight excluding hydrogens is 436 g/mol. The molecule has 0 radical (unpaired) electrons. The number of rotatable bonds is 0. The summed E-state index contributed by atoms with van der Waals surface area (Å²) < 4.78 is 0. The summed E-state index contributed by atoms with van der Waals surface area (Å²) in [6.07, 6.45) is 0. The molecule has 3 aromatic rings. The molecule has 0 unspecified atom stereocenters. The van der Waals surface area contributed by atoms with Gasteiger partial charge < -0.3 is 6.92 Å². The van der Waals surface area contributed by atoms with E-state index in [0.29, 0.717) is 0 Å². The minimum atomic E-state index is 0. The normalized spacial score (nSPS) is 7.45. The first-order valence-corrected chi connectivity index (χ1v) is 6.52. The fourth-order valence-corrected chi connectivity index (χ4v) is 1.88. The predicted octanol–water partition coefficient (Wildman–Crippen LogP) is 7.77. The van der Waals surface area contributed by atoms with Gasteiger partial charge in [-0.25, -0.2) is 0 Å². The SMILES string of the molecule is C.C.C.CC.[CH2-]C.[W].c1ccc2cc3ccccc3cc2c1. The Morgan fingerprint density at radius 2 is 0.727 bits per heavy atom. The summed E-state index contributed by atoms with van der Waals surface area (Å²) >= 11 is 0. The average molecular weight is 469 g/mol. The van der Waals surface area contributed by atoms with Crippen LogP contribution in [0.1, 0.15) is 43.1 Å². The molecule has 0 N–H and O–H groups in total. The maximum atomic E-state index is 3.25. The zero-order chi connectivity index (χ0) is 13.4. The predicted molar refractivity (Wildman–Crippen MR) is 104 cm³/mol. The van der Waals surface area contributed by atoms with Crippen molar-refractivity contribution < 1.29 is 21.1 Å². The van der Waals surface area contributed by atoms with Gasteiger partial charge in [0.15, 0.2) is 0 Å². The number of benzene rings is 3. The van der Waals surface area contributed by atoms with Gasteiger partial charge in [0.2, 0.25) is 0 Å². The quantitative estimate of drug-likeness (QED) is 0.233. The second-order valence-electron chi connectivity index (χ2n) is 3.55. The van der Waals surface area contributed by atoms with Crippen LogP contribution in [-0.4, -0.2) is 0 Å². The Hall–Kier alpha value is -1.13. The summed E-state index contributed by atoms with van der Waals surface area (Å²) in [6, 6.07) is 21.4. The van der Waals surface area contributed by atoms with Crippen LogP contribution in [0.25, 0.3) is 21.5 Å². The third-order valence-corrected chi connectivity index (χ3v) is 2.61. The number of hydrogen-bond donors (Lipinski definition) is 0. The van der Waals surface area contributed by atoms with E-state index in [2.05, 4.69) is 67.6 Å². The van der Waals surface area contributed by atoms with Gasteiger partial charge in [0.25, 0.3) is 0 Å². The second-order valence-corrected chi connectivity index (χ2v) is 3.55. The zero-order valence-corrected chi connectivity index (χ0v) is 14.8. The molecular formula is C21H33W-. The van der Waals surface area contributed by atoms with Gasteiger partial charge in [-0.05, 0) is 33.7 Å². The first-order valence-electron chi connectivity index (χ1n) is 6.52. The molecule has 0 amide bonds. The number of fused-ring (bicyclic) bond motifs is 2. The molecule has 0 saturated carbocycles. The summed E-state index contributed by atoms with van der Waals surface area (Å²) in [5, 5.41) is 5.25. The molecule has 0 heterocycles. The van der Waals surface area contributed by atoms with E-state index in [1.165, 1.54) is 21.5 Å². The van der Waals surface area contributed by atoms with Crippen molar-refractivity contribution in [2.45, 2.75) is 43.1 Å². The molecule has 0 nitrogen and oxygen atoms in total. The number of hydrogen-bond acceptors (Lipinski definition) is 0. The molecule has 0 aromatic heterocycles. The Morgan fingerprint density at radius 1 is 0.545 bits per heavy atom.